The molecule has 0 aliphatic carbocycles. The summed E-state index contributed by atoms with van der Waals surface area (Å²) in [5, 5.41) is 9.58. The van der Waals surface area contributed by atoms with Crippen molar-refractivity contribution in [3.05, 3.63) is 24.0 Å². The van der Waals surface area contributed by atoms with E-state index in [1.165, 1.54) is 0 Å². The van der Waals surface area contributed by atoms with E-state index in [9.17, 15) is 9.90 Å². The summed E-state index contributed by atoms with van der Waals surface area (Å²) in [7, 11) is 0. The summed E-state index contributed by atoms with van der Waals surface area (Å²) in [5.41, 5.74) is 1.45. The summed E-state index contributed by atoms with van der Waals surface area (Å²) in [6.45, 7) is 8.51. The first-order chi connectivity index (χ1) is 10.1. The van der Waals surface area contributed by atoms with Crippen LogP contribution in [0.15, 0.2) is 18.3 Å². The number of hydrogen-bond donors (Lipinski definition) is 1. The molecule has 2 atom stereocenters. The molecular weight excluding hydrogens is 266 g/mol. The van der Waals surface area contributed by atoms with Crippen LogP contribution in [0.4, 0.5) is 5.69 Å². The van der Waals surface area contributed by atoms with Gasteiger partial charge in [-0.3, -0.25) is 9.78 Å². The first kappa shape index (κ1) is 15.8. The van der Waals surface area contributed by atoms with Gasteiger partial charge in [0.1, 0.15) is 5.69 Å². The molecule has 5 heteroatoms. The molecule has 1 amide bonds. The molecule has 2 rings (SSSR count). The van der Waals surface area contributed by atoms with Crippen LogP contribution in [0, 0.1) is 5.92 Å². The number of rotatable bonds is 5. The fraction of sp³-hybridized carbons (Fsp3) is 0.625. The van der Waals surface area contributed by atoms with Crippen LogP contribution in [-0.4, -0.2) is 53.2 Å². The van der Waals surface area contributed by atoms with Crippen LogP contribution in [0.25, 0.3) is 0 Å². The molecule has 1 N–H and O–H groups in total. The van der Waals surface area contributed by atoms with E-state index in [1.807, 2.05) is 26.0 Å². The predicted molar refractivity (Wildman–Crippen MR) is 83.5 cm³/mol. The van der Waals surface area contributed by atoms with Gasteiger partial charge in [0.15, 0.2) is 0 Å². The lowest BCUT2D eigenvalue weighted by molar-refractivity contribution is 0.0767. The van der Waals surface area contributed by atoms with Crippen molar-refractivity contribution < 1.29 is 9.90 Å². The summed E-state index contributed by atoms with van der Waals surface area (Å²) in [6, 6.07) is 3.89. The quantitative estimate of drug-likeness (QED) is 0.898. The maximum atomic E-state index is 12.4. The Hall–Kier alpha value is -1.62. The van der Waals surface area contributed by atoms with Crippen LogP contribution in [0.5, 0.6) is 0 Å². The number of aliphatic hydroxyl groups is 1. The van der Waals surface area contributed by atoms with Crippen molar-refractivity contribution in [3.63, 3.8) is 0 Å². The number of aliphatic hydroxyl groups excluding tert-OH is 1. The molecule has 1 aliphatic rings. The topological polar surface area (TPSA) is 56.7 Å². The lowest BCUT2D eigenvalue weighted by atomic mass is 10.0. The third kappa shape index (κ3) is 3.18. The molecule has 5 nitrogen and oxygen atoms in total. The Balaban J connectivity index is 2.24. The molecule has 1 fully saturated rings. The average Bonchev–Trinajstić information content (AvgIpc) is 2.89. The van der Waals surface area contributed by atoms with Gasteiger partial charge in [0.25, 0.3) is 5.91 Å². The van der Waals surface area contributed by atoms with Gasteiger partial charge >= 0.3 is 0 Å². The second kappa shape index (κ2) is 6.89. The maximum absolute atomic E-state index is 12.4. The van der Waals surface area contributed by atoms with Gasteiger partial charge in [-0.05, 0) is 38.3 Å². The van der Waals surface area contributed by atoms with E-state index in [-0.39, 0.29) is 18.6 Å². The average molecular weight is 291 g/mol. The van der Waals surface area contributed by atoms with Gasteiger partial charge in [-0.2, -0.15) is 0 Å². The zero-order valence-electron chi connectivity index (χ0n) is 13.1. The lowest BCUT2D eigenvalue weighted by Gasteiger charge is -2.27. The smallest absolute Gasteiger partial charge is 0.272 e. The summed E-state index contributed by atoms with van der Waals surface area (Å²) < 4.78 is 0. The first-order valence-corrected chi connectivity index (χ1v) is 7.75. The van der Waals surface area contributed by atoms with Crippen LogP contribution in [0.3, 0.4) is 0 Å². The highest BCUT2D eigenvalue weighted by molar-refractivity contribution is 5.93. The molecule has 0 aromatic carbocycles. The van der Waals surface area contributed by atoms with Gasteiger partial charge < -0.3 is 14.9 Å². The number of carbonyl (C=O) groups excluding carboxylic acids is 1. The van der Waals surface area contributed by atoms with Crippen molar-refractivity contribution in [1.82, 2.24) is 9.88 Å². The fourth-order valence-electron chi connectivity index (χ4n) is 3.00. The summed E-state index contributed by atoms with van der Waals surface area (Å²) in [5.74, 6) is 0.430. The first-order valence-electron chi connectivity index (χ1n) is 7.75. The maximum Gasteiger partial charge on any atom is 0.272 e. The predicted octanol–water partition coefficient (Wildman–Crippen LogP) is 1.77. The van der Waals surface area contributed by atoms with Gasteiger partial charge in [-0.25, -0.2) is 0 Å². The van der Waals surface area contributed by atoms with Gasteiger partial charge in [0, 0.05) is 31.5 Å². The molecule has 2 unspecified atom stereocenters. The van der Waals surface area contributed by atoms with Gasteiger partial charge in [-0.15, -0.1) is 0 Å². The van der Waals surface area contributed by atoms with E-state index in [0.29, 0.717) is 24.7 Å². The zero-order valence-corrected chi connectivity index (χ0v) is 13.1. The molecule has 1 saturated heterocycles. The Bertz CT molecular complexity index is 488. The third-order valence-electron chi connectivity index (χ3n) is 4.41. The summed E-state index contributed by atoms with van der Waals surface area (Å²) in [4.78, 5) is 20.6. The largest absolute Gasteiger partial charge is 0.394 e. The van der Waals surface area contributed by atoms with E-state index < -0.39 is 0 Å². The normalized spacial score (nSPS) is 21.6. The molecule has 21 heavy (non-hydrogen) atoms. The monoisotopic (exact) mass is 291 g/mol. The minimum Gasteiger partial charge on any atom is -0.394 e. The highest BCUT2D eigenvalue weighted by atomic mass is 16.3. The van der Waals surface area contributed by atoms with E-state index in [2.05, 4.69) is 16.8 Å². The van der Waals surface area contributed by atoms with Crippen LogP contribution >= 0.6 is 0 Å². The number of anilines is 1. The van der Waals surface area contributed by atoms with Crippen LogP contribution in [0.1, 0.15) is 37.7 Å². The Kier molecular flexibility index (Phi) is 5.17. The van der Waals surface area contributed by atoms with Gasteiger partial charge in [-0.1, -0.05) is 6.92 Å². The van der Waals surface area contributed by atoms with E-state index in [1.54, 1.807) is 11.1 Å². The molecule has 1 aromatic rings. The number of pyridine rings is 1. The number of hydrogen-bond acceptors (Lipinski definition) is 4. The summed E-state index contributed by atoms with van der Waals surface area (Å²) in [6.07, 6.45) is 2.75. The fourth-order valence-corrected chi connectivity index (χ4v) is 3.00. The Morgan fingerprint density at radius 2 is 2.19 bits per heavy atom. The molecule has 0 spiro atoms. The second-order valence-corrected chi connectivity index (χ2v) is 5.59. The molecule has 0 radical (unpaired) electrons. The minimum absolute atomic E-state index is 0.0327. The number of nitrogens with zero attached hydrogens (tertiary/aromatic N) is 3. The van der Waals surface area contributed by atoms with Crippen molar-refractivity contribution in [2.75, 3.05) is 31.1 Å². The molecule has 0 bridgehead atoms. The summed E-state index contributed by atoms with van der Waals surface area (Å²) >= 11 is 0. The molecular formula is C16H25N3O2. The van der Waals surface area contributed by atoms with Gasteiger partial charge in [0.2, 0.25) is 0 Å². The van der Waals surface area contributed by atoms with E-state index in [0.717, 1.165) is 18.7 Å². The van der Waals surface area contributed by atoms with Crippen LogP contribution < -0.4 is 4.90 Å². The lowest BCUT2D eigenvalue weighted by Crippen LogP contribution is -2.35. The van der Waals surface area contributed by atoms with Crippen molar-refractivity contribution >= 4 is 11.6 Å². The Morgan fingerprint density at radius 1 is 1.48 bits per heavy atom. The van der Waals surface area contributed by atoms with E-state index in [4.69, 9.17) is 0 Å². The number of aromatic nitrogens is 1. The SMILES string of the molecule is CCN(CC)C(=O)c1cc(N2CCC(C)C2CO)ccn1. The van der Waals surface area contributed by atoms with E-state index >= 15 is 0 Å². The second-order valence-electron chi connectivity index (χ2n) is 5.59. The van der Waals surface area contributed by atoms with Crippen molar-refractivity contribution in [2.24, 2.45) is 5.92 Å². The molecule has 1 aromatic heterocycles. The highest BCUT2D eigenvalue weighted by Gasteiger charge is 2.31. The molecule has 2 heterocycles. The van der Waals surface area contributed by atoms with Gasteiger partial charge in [0.05, 0.1) is 12.6 Å². The Morgan fingerprint density at radius 3 is 2.81 bits per heavy atom. The highest BCUT2D eigenvalue weighted by Crippen LogP contribution is 2.29. The molecule has 116 valence electrons. The van der Waals surface area contributed by atoms with Crippen molar-refractivity contribution in [1.29, 1.82) is 0 Å². The van der Waals surface area contributed by atoms with Crippen LogP contribution in [0.2, 0.25) is 0 Å². The molecule has 0 saturated carbocycles. The van der Waals surface area contributed by atoms with Crippen molar-refractivity contribution in [2.45, 2.75) is 33.2 Å². The zero-order chi connectivity index (χ0) is 15.4. The number of amides is 1. The third-order valence-corrected chi connectivity index (χ3v) is 4.41. The number of carbonyl (C=O) groups is 1. The minimum atomic E-state index is -0.0327. The Labute approximate surface area is 126 Å². The van der Waals surface area contributed by atoms with Crippen LogP contribution in [-0.2, 0) is 0 Å². The molecule has 1 aliphatic heterocycles. The standard InChI is InChI=1S/C16H25N3O2/c1-4-18(5-2)16(21)14-10-13(6-8-17-14)19-9-7-12(3)15(19)11-20/h6,8,10,12,15,20H,4-5,7,9,11H2,1-3H3. The van der Waals surface area contributed by atoms with Crippen molar-refractivity contribution in [3.8, 4) is 0 Å².